The number of hydrogen-bond acceptors (Lipinski definition) is 5. The van der Waals surface area contributed by atoms with Crippen LogP contribution in [0.4, 0.5) is 5.13 Å². The van der Waals surface area contributed by atoms with Gasteiger partial charge in [0.2, 0.25) is 5.13 Å². The summed E-state index contributed by atoms with van der Waals surface area (Å²) in [5, 5.41) is 19.4. The Bertz CT molecular complexity index is 431. The van der Waals surface area contributed by atoms with E-state index in [2.05, 4.69) is 35.9 Å². The highest BCUT2D eigenvalue weighted by molar-refractivity contribution is 7.15. The first-order valence-electron chi connectivity index (χ1n) is 6.19. The molecule has 0 saturated carbocycles. The second kappa shape index (κ2) is 4.84. The summed E-state index contributed by atoms with van der Waals surface area (Å²) in [6.07, 6.45) is 1.39. The molecule has 1 aliphatic heterocycles. The molecule has 2 rings (SSSR count). The van der Waals surface area contributed by atoms with Crippen molar-refractivity contribution in [3.63, 3.8) is 0 Å². The normalized spacial score (nSPS) is 18.1. The quantitative estimate of drug-likeness (QED) is 0.891. The summed E-state index contributed by atoms with van der Waals surface area (Å²) in [4.78, 5) is 13.0. The summed E-state index contributed by atoms with van der Waals surface area (Å²) in [6, 6.07) is 0. The Labute approximate surface area is 111 Å². The van der Waals surface area contributed by atoms with Gasteiger partial charge in [-0.25, -0.2) is 0 Å². The van der Waals surface area contributed by atoms with Crippen molar-refractivity contribution >= 4 is 22.4 Å². The van der Waals surface area contributed by atoms with Crippen LogP contribution in [0.25, 0.3) is 0 Å². The fourth-order valence-corrected chi connectivity index (χ4v) is 2.92. The predicted molar refractivity (Wildman–Crippen MR) is 71.2 cm³/mol. The van der Waals surface area contributed by atoms with Crippen LogP contribution in [0.2, 0.25) is 0 Å². The summed E-state index contributed by atoms with van der Waals surface area (Å²) >= 11 is 1.61. The molecule has 0 unspecified atom stereocenters. The summed E-state index contributed by atoms with van der Waals surface area (Å²) in [5.41, 5.74) is 0.0231. The molecule has 100 valence electrons. The molecule has 1 saturated heterocycles. The molecule has 0 atom stereocenters. The topological polar surface area (TPSA) is 66.3 Å². The Balaban J connectivity index is 2.02. The lowest BCUT2D eigenvalue weighted by atomic mass is 9.98. The van der Waals surface area contributed by atoms with Crippen LogP contribution >= 0.6 is 11.3 Å². The number of carboxylic acid groups (broad SMARTS) is 1. The zero-order chi connectivity index (χ0) is 13.3. The van der Waals surface area contributed by atoms with Crippen LogP contribution in [-0.2, 0) is 10.2 Å². The Kier molecular flexibility index (Phi) is 3.56. The van der Waals surface area contributed by atoms with Gasteiger partial charge in [-0.15, -0.1) is 10.2 Å². The third kappa shape index (κ3) is 2.80. The van der Waals surface area contributed by atoms with Gasteiger partial charge < -0.3 is 10.0 Å². The highest BCUT2D eigenvalue weighted by atomic mass is 32.1. The van der Waals surface area contributed by atoms with Gasteiger partial charge in [0, 0.05) is 18.5 Å². The number of nitrogens with zero attached hydrogens (tertiary/aromatic N) is 3. The summed E-state index contributed by atoms with van der Waals surface area (Å²) in [7, 11) is 0. The van der Waals surface area contributed by atoms with Gasteiger partial charge in [0.05, 0.1) is 5.92 Å². The van der Waals surface area contributed by atoms with Gasteiger partial charge in [-0.05, 0) is 12.8 Å². The van der Waals surface area contributed by atoms with Crippen molar-refractivity contribution in [3.05, 3.63) is 5.01 Å². The average molecular weight is 269 g/mol. The van der Waals surface area contributed by atoms with Crippen LogP contribution in [0.5, 0.6) is 0 Å². The van der Waals surface area contributed by atoms with E-state index in [4.69, 9.17) is 5.11 Å². The van der Waals surface area contributed by atoms with Crippen molar-refractivity contribution in [1.82, 2.24) is 10.2 Å². The van der Waals surface area contributed by atoms with Crippen LogP contribution in [0.3, 0.4) is 0 Å². The van der Waals surface area contributed by atoms with Crippen molar-refractivity contribution in [2.24, 2.45) is 5.92 Å². The Hall–Kier alpha value is -1.17. The third-order valence-corrected chi connectivity index (χ3v) is 4.58. The van der Waals surface area contributed by atoms with Crippen molar-refractivity contribution in [2.75, 3.05) is 18.0 Å². The summed E-state index contributed by atoms with van der Waals surface area (Å²) < 4.78 is 0. The predicted octanol–water partition coefficient (Wildman–Crippen LogP) is 2.14. The molecule has 18 heavy (non-hydrogen) atoms. The molecule has 0 amide bonds. The molecule has 1 aromatic heterocycles. The van der Waals surface area contributed by atoms with Gasteiger partial charge in [-0.3, -0.25) is 4.79 Å². The van der Waals surface area contributed by atoms with Gasteiger partial charge in [-0.2, -0.15) is 0 Å². The Morgan fingerprint density at radius 2 is 1.94 bits per heavy atom. The third-order valence-electron chi connectivity index (χ3n) is 3.17. The molecule has 1 fully saturated rings. The van der Waals surface area contributed by atoms with Crippen molar-refractivity contribution in [2.45, 2.75) is 39.0 Å². The number of carbonyl (C=O) groups is 1. The van der Waals surface area contributed by atoms with Crippen LogP contribution in [0.15, 0.2) is 0 Å². The largest absolute Gasteiger partial charge is 0.481 e. The summed E-state index contributed by atoms with van der Waals surface area (Å²) in [5.74, 6) is -0.876. The zero-order valence-corrected chi connectivity index (χ0v) is 11.8. The minimum absolute atomic E-state index is 0.0231. The molecule has 6 heteroatoms. The van der Waals surface area contributed by atoms with Crippen molar-refractivity contribution in [3.8, 4) is 0 Å². The summed E-state index contributed by atoms with van der Waals surface area (Å²) in [6.45, 7) is 7.88. The zero-order valence-electron chi connectivity index (χ0n) is 11.0. The number of piperidine rings is 1. The van der Waals surface area contributed by atoms with E-state index in [1.165, 1.54) is 0 Å². The van der Waals surface area contributed by atoms with Crippen LogP contribution in [-0.4, -0.2) is 34.4 Å². The van der Waals surface area contributed by atoms with Gasteiger partial charge >= 0.3 is 5.97 Å². The molecule has 1 aliphatic rings. The Morgan fingerprint density at radius 3 is 2.39 bits per heavy atom. The lowest BCUT2D eigenvalue weighted by Crippen LogP contribution is -2.36. The first-order chi connectivity index (χ1) is 8.38. The molecule has 1 aromatic rings. The van der Waals surface area contributed by atoms with E-state index in [-0.39, 0.29) is 11.3 Å². The van der Waals surface area contributed by atoms with Crippen molar-refractivity contribution in [1.29, 1.82) is 0 Å². The SMILES string of the molecule is CC(C)(C)c1nnc(N2CCC(C(=O)O)CC2)s1. The van der Waals surface area contributed by atoms with Gasteiger partial charge in [0.15, 0.2) is 0 Å². The second-order valence-corrected chi connectivity index (χ2v) is 6.70. The minimum Gasteiger partial charge on any atom is -0.481 e. The van der Waals surface area contributed by atoms with Crippen LogP contribution < -0.4 is 4.90 Å². The monoisotopic (exact) mass is 269 g/mol. The molecular weight excluding hydrogens is 250 g/mol. The lowest BCUT2D eigenvalue weighted by Gasteiger charge is -2.29. The molecule has 5 nitrogen and oxygen atoms in total. The van der Waals surface area contributed by atoms with E-state index in [1.807, 2.05) is 0 Å². The second-order valence-electron chi connectivity index (χ2n) is 5.74. The number of aliphatic carboxylic acids is 1. The highest BCUT2D eigenvalue weighted by Crippen LogP contribution is 2.31. The standard InChI is InChI=1S/C12H19N3O2S/c1-12(2,3)10-13-14-11(18-10)15-6-4-8(5-7-15)9(16)17/h8H,4-7H2,1-3H3,(H,16,17). The molecule has 0 aliphatic carbocycles. The van der Waals surface area contributed by atoms with E-state index < -0.39 is 5.97 Å². The first kappa shape index (κ1) is 13.3. The van der Waals surface area contributed by atoms with Crippen LogP contribution in [0.1, 0.15) is 38.6 Å². The van der Waals surface area contributed by atoms with Crippen LogP contribution in [0, 0.1) is 5.92 Å². The molecule has 0 bridgehead atoms. The fraction of sp³-hybridized carbons (Fsp3) is 0.750. The van der Waals surface area contributed by atoms with Gasteiger partial charge in [0.25, 0.3) is 0 Å². The van der Waals surface area contributed by atoms with E-state index in [0.29, 0.717) is 12.8 Å². The molecule has 2 heterocycles. The first-order valence-corrected chi connectivity index (χ1v) is 7.01. The van der Waals surface area contributed by atoms with Gasteiger partial charge in [0.1, 0.15) is 5.01 Å². The molecular formula is C12H19N3O2S. The number of rotatable bonds is 2. The van der Waals surface area contributed by atoms with E-state index >= 15 is 0 Å². The molecule has 0 aromatic carbocycles. The fourth-order valence-electron chi connectivity index (χ4n) is 1.96. The molecule has 0 spiro atoms. The number of carboxylic acids is 1. The lowest BCUT2D eigenvalue weighted by molar-refractivity contribution is -0.142. The van der Waals surface area contributed by atoms with E-state index in [0.717, 1.165) is 23.2 Å². The number of anilines is 1. The maximum atomic E-state index is 10.9. The van der Waals surface area contributed by atoms with Gasteiger partial charge in [-0.1, -0.05) is 32.1 Å². The maximum absolute atomic E-state index is 10.9. The molecule has 0 radical (unpaired) electrons. The maximum Gasteiger partial charge on any atom is 0.306 e. The minimum atomic E-state index is -0.678. The van der Waals surface area contributed by atoms with Crippen molar-refractivity contribution < 1.29 is 9.90 Å². The molecule has 1 N–H and O–H groups in total. The average Bonchev–Trinajstić information content (AvgIpc) is 2.78. The number of aromatic nitrogens is 2. The highest BCUT2D eigenvalue weighted by Gasteiger charge is 2.27. The van der Waals surface area contributed by atoms with E-state index in [1.54, 1.807) is 11.3 Å². The smallest absolute Gasteiger partial charge is 0.306 e. The Morgan fingerprint density at radius 1 is 1.33 bits per heavy atom. The van der Waals surface area contributed by atoms with E-state index in [9.17, 15) is 4.79 Å². The number of hydrogen-bond donors (Lipinski definition) is 1.